The maximum absolute atomic E-state index is 12.2. The molecule has 1 aromatic carbocycles. The van der Waals surface area contributed by atoms with Crippen molar-refractivity contribution in [3.05, 3.63) is 52.8 Å². The van der Waals surface area contributed by atoms with Crippen LogP contribution in [0.25, 0.3) is 0 Å². The fourth-order valence-corrected chi connectivity index (χ4v) is 1.94. The van der Waals surface area contributed by atoms with Crippen LogP contribution in [0.2, 0.25) is 0 Å². The zero-order valence-corrected chi connectivity index (χ0v) is 8.75. The summed E-state index contributed by atoms with van der Waals surface area (Å²) in [6, 6.07) is 7.06. The standard InChI is InChI=1S/C12H7N3O2/c16-10-5-7-3-1-2-4-8(7)12(17)9-6-13-15-14-11(9)10/h1-4,6H,5H2. The molecule has 82 valence electrons. The summed E-state index contributed by atoms with van der Waals surface area (Å²) in [6.45, 7) is 0. The van der Waals surface area contributed by atoms with Crippen LogP contribution in [0.5, 0.6) is 0 Å². The molecule has 1 heterocycles. The number of aromatic nitrogens is 3. The van der Waals surface area contributed by atoms with Crippen LogP contribution in [0.4, 0.5) is 0 Å². The van der Waals surface area contributed by atoms with Crippen LogP contribution >= 0.6 is 0 Å². The SMILES string of the molecule is O=C1c2ccccc2CC(=O)c2nnncc21. The number of Topliss-reactive ketones (excluding diaryl/α,β-unsaturated/α-hetero) is 1. The number of carbonyl (C=O) groups is 2. The van der Waals surface area contributed by atoms with Crippen LogP contribution < -0.4 is 0 Å². The van der Waals surface area contributed by atoms with E-state index in [0.717, 1.165) is 5.56 Å². The van der Waals surface area contributed by atoms with Crippen molar-refractivity contribution in [2.24, 2.45) is 0 Å². The third-order valence-electron chi connectivity index (χ3n) is 2.76. The van der Waals surface area contributed by atoms with E-state index in [1.54, 1.807) is 24.3 Å². The van der Waals surface area contributed by atoms with E-state index < -0.39 is 0 Å². The van der Waals surface area contributed by atoms with Crippen LogP contribution in [0.15, 0.2) is 30.5 Å². The average molecular weight is 225 g/mol. The average Bonchev–Trinajstić information content (AvgIpc) is 2.48. The molecule has 0 N–H and O–H groups in total. The molecule has 1 aliphatic rings. The monoisotopic (exact) mass is 225 g/mol. The number of benzene rings is 1. The fraction of sp³-hybridized carbons (Fsp3) is 0.0833. The maximum atomic E-state index is 12.2. The van der Waals surface area contributed by atoms with Gasteiger partial charge < -0.3 is 0 Å². The van der Waals surface area contributed by atoms with Gasteiger partial charge in [0, 0.05) is 12.0 Å². The van der Waals surface area contributed by atoms with E-state index in [1.807, 2.05) is 0 Å². The van der Waals surface area contributed by atoms with Gasteiger partial charge in [-0.15, -0.1) is 10.2 Å². The van der Waals surface area contributed by atoms with Crippen molar-refractivity contribution in [2.45, 2.75) is 6.42 Å². The maximum Gasteiger partial charge on any atom is 0.197 e. The lowest BCUT2D eigenvalue weighted by Gasteiger charge is -2.01. The lowest BCUT2D eigenvalue weighted by Crippen LogP contribution is -2.11. The Bertz CT molecular complexity index is 637. The van der Waals surface area contributed by atoms with Gasteiger partial charge in [0.05, 0.1) is 11.8 Å². The molecule has 2 aromatic rings. The molecule has 5 nitrogen and oxygen atoms in total. The summed E-state index contributed by atoms with van der Waals surface area (Å²) in [5.74, 6) is -0.419. The molecule has 17 heavy (non-hydrogen) atoms. The van der Waals surface area contributed by atoms with Gasteiger partial charge in [0.2, 0.25) is 0 Å². The van der Waals surface area contributed by atoms with Gasteiger partial charge in [-0.25, -0.2) is 0 Å². The summed E-state index contributed by atoms with van der Waals surface area (Å²) < 4.78 is 0. The van der Waals surface area contributed by atoms with Gasteiger partial charge in [-0.1, -0.05) is 24.3 Å². The van der Waals surface area contributed by atoms with Crippen molar-refractivity contribution in [2.75, 3.05) is 0 Å². The quantitative estimate of drug-likeness (QED) is 0.664. The minimum absolute atomic E-state index is 0.112. The van der Waals surface area contributed by atoms with Gasteiger partial charge in [0.25, 0.3) is 0 Å². The second kappa shape index (κ2) is 3.55. The van der Waals surface area contributed by atoms with Gasteiger partial charge in [-0.3, -0.25) is 9.59 Å². The summed E-state index contributed by atoms with van der Waals surface area (Å²) in [5, 5.41) is 10.6. The lowest BCUT2D eigenvalue weighted by molar-refractivity contribution is 0.0978. The van der Waals surface area contributed by atoms with Crippen LogP contribution in [0.1, 0.15) is 32.0 Å². The predicted molar refractivity (Wildman–Crippen MR) is 57.7 cm³/mol. The van der Waals surface area contributed by atoms with Gasteiger partial charge in [-0.2, -0.15) is 0 Å². The Kier molecular flexibility index (Phi) is 2.04. The van der Waals surface area contributed by atoms with Crippen molar-refractivity contribution >= 4 is 11.6 Å². The molecule has 0 spiro atoms. The molecule has 0 atom stereocenters. The number of hydrogen-bond acceptors (Lipinski definition) is 5. The number of carbonyl (C=O) groups excluding carboxylic acids is 2. The molecule has 0 bridgehead atoms. The first-order valence-corrected chi connectivity index (χ1v) is 5.11. The van der Waals surface area contributed by atoms with Crippen molar-refractivity contribution in [1.29, 1.82) is 0 Å². The minimum atomic E-state index is -0.219. The largest absolute Gasteiger partial charge is 0.292 e. The van der Waals surface area contributed by atoms with Gasteiger partial charge in [-0.05, 0) is 10.8 Å². The van der Waals surface area contributed by atoms with Crippen molar-refractivity contribution in [1.82, 2.24) is 15.4 Å². The molecule has 0 unspecified atom stereocenters. The Morgan fingerprint density at radius 3 is 2.76 bits per heavy atom. The molecule has 5 heteroatoms. The van der Waals surface area contributed by atoms with Gasteiger partial charge >= 0.3 is 0 Å². The highest BCUT2D eigenvalue weighted by Crippen LogP contribution is 2.21. The molecule has 0 saturated carbocycles. The lowest BCUT2D eigenvalue weighted by atomic mass is 10.0. The number of hydrogen-bond donors (Lipinski definition) is 0. The smallest absolute Gasteiger partial charge is 0.197 e. The topological polar surface area (TPSA) is 72.8 Å². The first-order chi connectivity index (χ1) is 8.27. The molecule has 1 aromatic heterocycles. The van der Waals surface area contributed by atoms with Gasteiger partial charge in [0.1, 0.15) is 5.69 Å². The van der Waals surface area contributed by atoms with Crippen LogP contribution in [0, 0.1) is 0 Å². The summed E-state index contributed by atoms with van der Waals surface area (Å²) in [5.41, 5.74) is 1.60. The summed E-state index contributed by atoms with van der Waals surface area (Å²) in [6.07, 6.45) is 1.47. The van der Waals surface area contributed by atoms with Crippen LogP contribution in [-0.4, -0.2) is 27.0 Å². The number of rotatable bonds is 0. The number of fused-ring (bicyclic) bond motifs is 2. The van der Waals surface area contributed by atoms with E-state index in [-0.39, 0.29) is 29.2 Å². The first-order valence-electron chi connectivity index (χ1n) is 5.11. The number of ketones is 2. The second-order valence-corrected chi connectivity index (χ2v) is 3.78. The van der Waals surface area contributed by atoms with Crippen molar-refractivity contribution < 1.29 is 9.59 Å². The summed E-state index contributed by atoms with van der Waals surface area (Å²) >= 11 is 0. The normalized spacial score (nSPS) is 13.9. The third kappa shape index (κ3) is 1.44. The highest BCUT2D eigenvalue weighted by molar-refractivity contribution is 6.18. The molecule has 1 aliphatic carbocycles. The third-order valence-corrected chi connectivity index (χ3v) is 2.76. The van der Waals surface area contributed by atoms with E-state index in [9.17, 15) is 9.59 Å². The molecule has 3 rings (SSSR count). The first kappa shape index (κ1) is 9.77. The van der Waals surface area contributed by atoms with E-state index in [1.165, 1.54) is 6.20 Å². The number of nitrogens with zero attached hydrogens (tertiary/aromatic N) is 3. The van der Waals surface area contributed by atoms with Crippen LogP contribution in [0.3, 0.4) is 0 Å². The summed E-state index contributed by atoms with van der Waals surface area (Å²) in [4.78, 5) is 24.1. The Hall–Kier alpha value is -2.43. The molecule has 0 fully saturated rings. The Morgan fingerprint density at radius 2 is 1.88 bits per heavy atom. The molecule has 0 radical (unpaired) electrons. The van der Waals surface area contributed by atoms with E-state index in [2.05, 4.69) is 15.4 Å². The Balaban J connectivity index is 2.30. The molecule has 0 amide bonds. The second-order valence-electron chi connectivity index (χ2n) is 3.78. The predicted octanol–water partition coefficient (Wildman–Crippen LogP) is 0.841. The Labute approximate surface area is 96.5 Å². The van der Waals surface area contributed by atoms with E-state index >= 15 is 0 Å². The van der Waals surface area contributed by atoms with Crippen LogP contribution in [-0.2, 0) is 6.42 Å². The highest BCUT2D eigenvalue weighted by atomic mass is 16.1. The van der Waals surface area contributed by atoms with E-state index in [0.29, 0.717) is 5.56 Å². The molecular formula is C12H7N3O2. The zero-order chi connectivity index (χ0) is 11.8. The summed E-state index contributed by atoms with van der Waals surface area (Å²) in [7, 11) is 0. The van der Waals surface area contributed by atoms with Crippen molar-refractivity contribution in [3.63, 3.8) is 0 Å². The fourth-order valence-electron chi connectivity index (χ4n) is 1.94. The molecule has 0 aliphatic heterocycles. The molecular weight excluding hydrogens is 218 g/mol. The zero-order valence-electron chi connectivity index (χ0n) is 8.75. The minimum Gasteiger partial charge on any atom is -0.292 e. The van der Waals surface area contributed by atoms with E-state index in [4.69, 9.17) is 0 Å². The molecule has 0 saturated heterocycles. The highest BCUT2D eigenvalue weighted by Gasteiger charge is 2.27. The van der Waals surface area contributed by atoms with Gasteiger partial charge in [0.15, 0.2) is 11.6 Å². The van der Waals surface area contributed by atoms with Crippen molar-refractivity contribution in [3.8, 4) is 0 Å². The Morgan fingerprint density at radius 1 is 1.06 bits per heavy atom.